The van der Waals surface area contributed by atoms with E-state index in [0.717, 1.165) is 5.69 Å². The van der Waals surface area contributed by atoms with E-state index in [2.05, 4.69) is 19.2 Å². The molecule has 0 fully saturated rings. The van der Waals surface area contributed by atoms with E-state index in [1.165, 1.54) is 11.6 Å². The predicted molar refractivity (Wildman–Crippen MR) is 47.9 cm³/mol. The van der Waals surface area contributed by atoms with Crippen LogP contribution in [0.25, 0.3) is 0 Å². The van der Waals surface area contributed by atoms with Gasteiger partial charge in [0.05, 0.1) is 0 Å². The van der Waals surface area contributed by atoms with E-state index < -0.39 is 0 Å². The molecule has 2 rings (SSSR count). The lowest BCUT2D eigenvalue weighted by molar-refractivity contribution is 0.628. The maximum absolute atomic E-state index is 12.8. The first kappa shape index (κ1) is 7.59. The van der Waals surface area contributed by atoms with Gasteiger partial charge in [0.15, 0.2) is 0 Å². The molecule has 0 amide bonds. The molecule has 1 N–H and O–H groups in total. The Morgan fingerprint density at radius 1 is 1.33 bits per heavy atom. The molecular weight excluding hydrogens is 153 g/mol. The highest BCUT2D eigenvalue weighted by Gasteiger charge is 2.24. The molecule has 0 saturated carbocycles. The first-order valence-electron chi connectivity index (χ1n) is 4.24. The Bertz CT molecular complexity index is 309. The lowest BCUT2D eigenvalue weighted by atomic mass is 9.99. The highest BCUT2D eigenvalue weighted by Crippen LogP contribution is 2.35. The molecule has 1 nitrogen and oxygen atoms in total. The Morgan fingerprint density at radius 3 is 2.83 bits per heavy atom. The average Bonchev–Trinajstić information content (AvgIpc) is 2.28. The number of fused-ring (bicyclic) bond motifs is 1. The van der Waals surface area contributed by atoms with Crippen molar-refractivity contribution in [2.24, 2.45) is 0 Å². The van der Waals surface area contributed by atoms with Crippen LogP contribution in [0, 0.1) is 5.82 Å². The van der Waals surface area contributed by atoms with E-state index in [9.17, 15) is 4.39 Å². The maximum atomic E-state index is 12.8. The summed E-state index contributed by atoms with van der Waals surface area (Å²) in [7, 11) is 0. The molecule has 0 spiro atoms. The summed E-state index contributed by atoms with van der Waals surface area (Å²) in [6, 6.07) is 5.37. The molecule has 64 valence electrons. The first-order valence-corrected chi connectivity index (χ1v) is 4.24. The lowest BCUT2D eigenvalue weighted by Crippen LogP contribution is -2.12. The predicted octanol–water partition coefficient (Wildman–Crippen LogP) is 2.74. The van der Waals surface area contributed by atoms with Crippen LogP contribution in [0.5, 0.6) is 0 Å². The molecular formula is C10H12FN. The first-order chi connectivity index (χ1) is 5.68. The van der Waals surface area contributed by atoms with E-state index in [4.69, 9.17) is 0 Å². The Labute approximate surface area is 71.6 Å². The van der Waals surface area contributed by atoms with Crippen LogP contribution in [-0.2, 0) is 0 Å². The number of nitrogens with one attached hydrogen (secondary N) is 1. The summed E-state index contributed by atoms with van der Waals surface area (Å²) < 4.78 is 12.8. The van der Waals surface area contributed by atoms with Crippen LogP contribution >= 0.6 is 0 Å². The number of anilines is 1. The highest BCUT2D eigenvalue weighted by atomic mass is 19.1. The molecule has 0 aliphatic carbocycles. The zero-order chi connectivity index (χ0) is 8.72. The molecule has 1 aromatic carbocycles. The quantitative estimate of drug-likeness (QED) is 0.623. The smallest absolute Gasteiger partial charge is 0.125 e. The summed E-state index contributed by atoms with van der Waals surface area (Å²) in [6.45, 7) is 4.27. The summed E-state index contributed by atoms with van der Waals surface area (Å²) in [5, 5.41) is 3.25. The van der Waals surface area contributed by atoms with Crippen LogP contribution in [0.4, 0.5) is 10.1 Å². The van der Waals surface area contributed by atoms with Crippen molar-refractivity contribution in [3.05, 3.63) is 29.6 Å². The number of halogens is 1. The van der Waals surface area contributed by atoms with Gasteiger partial charge in [0.2, 0.25) is 0 Å². The van der Waals surface area contributed by atoms with Gasteiger partial charge in [-0.05, 0) is 24.6 Å². The molecule has 2 unspecified atom stereocenters. The molecule has 0 bridgehead atoms. The summed E-state index contributed by atoms with van der Waals surface area (Å²) >= 11 is 0. The van der Waals surface area contributed by atoms with Crippen molar-refractivity contribution in [2.45, 2.75) is 25.8 Å². The van der Waals surface area contributed by atoms with Gasteiger partial charge in [-0.2, -0.15) is 0 Å². The van der Waals surface area contributed by atoms with Gasteiger partial charge < -0.3 is 5.32 Å². The van der Waals surface area contributed by atoms with Crippen molar-refractivity contribution >= 4 is 5.69 Å². The van der Waals surface area contributed by atoms with Crippen LogP contribution < -0.4 is 5.32 Å². The monoisotopic (exact) mass is 165 g/mol. The molecule has 1 aliphatic heterocycles. The molecule has 0 saturated heterocycles. The molecule has 0 radical (unpaired) electrons. The van der Waals surface area contributed by atoms with E-state index >= 15 is 0 Å². The third kappa shape index (κ3) is 0.986. The summed E-state index contributed by atoms with van der Waals surface area (Å²) in [4.78, 5) is 0. The summed E-state index contributed by atoms with van der Waals surface area (Å²) in [5.41, 5.74) is 2.18. The second-order valence-electron chi connectivity index (χ2n) is 3.45. The second kappa shape index (κ2) is 2.47. The van der Waals surface area contributed by atoms with Gasteiger partial charge >= 0.3 is 0 Å². The van der Waals surface area contributed by atoms with Crippen LogP contribution in [-0.4, -0.2) is 6.04 Å². The second-order valence-corrected chi connectivity index (χ2v) is 3.45. The number of rotatable bonds is 0. The molecule has 12 heavy (non-hydrogen) atoms. The lowest BCUT2D eigenvalue weighted by Gasteiger charge is -2.08. The fourth-order valence-electron chi connectivity index (χ4n) is 1.69. The summed E-state index contributed by atoms with van der Waals surface area (Å²) in [6.07, 6.45) is 0. The van der Waals surface area contributed by atoms with Crippen LogP contribution in [0.3, 0.4) is 0 Å². The van der Waals surface area contributed by atoms with Gasteiger partial charge in [-0.1, -0.05) is 13.0 Å². The fourth-order valence-corrected chi connectivity index (χ4v) is 1.69. The average molecular weight is 165 g/mol. The Morgan fingerprint density at radius 2 is 2.08 bits per heavy atom. The topological polar surface area (TPSA) is 12.0 Å². The van der Waals surface area contributed by atoms with E-state index in [0.29, 0.717) is 12.0 Å². The molecule has 1 heterocycles. The number of benzene rings is 1. The van der Waals surface area contributed by atoms with E-state index in [-0.39, 0.29) is 5.82 Å². The number of hydrogen-bond acceptors (Lipinski definition) is 1. The molecule has 2 heteroatoms. The van der Waals surface area contributed by atoms with Crippen molar-refractivity contribution in [1.82, 2.24) is 0 Å². The minimum absolute atomic E-state index is 0.164. The van der Waals surface area contributed by atoms with Crippen LogP contribution in [0.1, 0.15) is 25.3 Å². The standard InChI is InChI=1S/C10H12FN/c1-6-7(2)12-10-5-8(11)3-4-9(6)10/h3-7,12H,1-2H3. The normalized spacial score (nSPS) is 26.6. The van der Waals surface area contributed by atoms with E-state index in [1.807, 2.05) is 6.07 Å². The molecule has 1 aliphatic rings. The van der Waals surface area contributed by atoms with Gasteiger partial charge in [0.1, 0.15) is 5.82 Å². The Hall–Kier alpha value is -1.05. The van der Waals surface area contributed by atoms with Gasteiger partial charge in [-0.15, -0.1) is 0 Å². The fraction of sp³-hybridized carbons (Fsp3) is 0.400. The van der Waals surface area contributed by atoms with Crippen molar-refractivity contribution in [3.8, 4) is 0 Å². The third-order valence-corrected chi connectivity index (χ3v) is 2.64. The SMILES string of the molecule is CC1Nc2cc(F)ccc2C1C. The van der Waals surface area contributed by atoms with Gasteiger partial charge in [0.25, 0.3) is 0 Å². The number of hydrogen-bond donors (Lipinski definition) is 1. The van der Waals surface area contributed by atoms with Gasteiger partial charge in [0, 0.05) is 17.6 Å². The summed E-state index contributed by atoms with van der Waals surface area (Å²) in [5.74, 6) is 0.322. The van der Waals surface area contributed by atoms with Gasteiger partial charge in [-0.3, -0.25) is 0 Å². The van der Waals surface area contributed by atoms with Crippen LogP contribution in [0.15, 0.2) is 18.2 Å². The zero-order valence-electron chi connectivity index (χ0n) is 7.26. The Kier molecular flexibility index (Phi) is 1.56. The van der Waals surface area contributed by atoms with Crippen LogP contribution in [0.2, 0.25) is 0 Å². The van der Waals surface area contributed by atoms with Crippen molar-refractivity contribution in [1.29, 1.82) is 0 Å². The molecule has 1 aromatic rings. The van der Waals surface area contributed by atoms with Crippen molar-refractivity contribution in [2.75, 3.05) is 5.32 Å². The third-order valence-electron chi connectivity index (χ3n) is 2.64. The van der Waals surface area contributed by atoms with Gasteiger partial charge in [-0.25, -0.2) is 4.39 Å². The maximum Gasteiger partial charge on any atom is 0.125 e. The largest absolute Gasteiger partial charge is 0.382 e. The minimum atomic E-state index is -0.164. The highest BCUT2D eigenvalue weighted by molar-refractivity contribution is 5.58. The van der Waals surface area contributed by atoms with E-state index in [1.54, 1.807) is 6.07 Å². The van der Waals surface area contributed by atoms with Crippen molar-refractivity contribution < 1.29 is 4.39 Å². The van der Waals surface area contributed by atoms with Crippen molar-refractivity contribution in [3.63, 3.8) is 0 Å². The molecule has 2 atom stereocenters. The molecule has 0 aromatic heterocycles. The Balaban J connectivity index is 2.47. The zero-order valence-corrected chi connectivity index (χ0v) is 7.26. The minimum Gasteiger partial charge on any atom is -0.382 e.